The lowest BCUT2D eigenvalue weighted by Crippen LogP contribution is -2.37. The van der Waals surface area contributed by atoms with Crippen LogP contribution in [0, 0.1) is 12.8 Å². The molecular formula is C27H36F3N5O3. The molecule has 2 aliphatic heterocycles. The molecule has 2 fully saturated rings. The van der Waals surface area contributed by atoms with Crippen molar-refractivity contribution in [3.8, 4) is 11.1 Å². The van der Waals surface area contributed by atoms with E-state index in [1.807, 2.05) is 43.1 Å². The van der Waals surface area contributed by atoms with Crippen LogP contribution in [0.4, 0.5) is 35.3 Å². The molecule has 3 heterocycles. The van der Waals surface area contributed by atoms with Crippen LogP contribution in [0.1, 0.15) is 25.3 Å². The van der Waals surface area contributed by atoms with Crippen molar-refractivity contribution in [1.29, 1.82) is 0 Å². The van der Waals surface area contributed by atoms with Gasteiger partial charge in [-0.2, -0.15) is 13.2 Å². The molecule has 2 saturated heterocycles. The van der Waals surface area contributed by atoms with Crippen LogP contribution in [0.2, 0.25) is 0 Å². The van der Waals surface area contributed by atoms with Gasteiger partial charge in [0.25, 0.3) is 0 Å². The van der Waals surface area contributed by atoms with E-state index in [4.69, 9.17) is 9.72 Å². The first-order valence-electron chi connectivity index (χ1n) is 13.0. The molecule has 2 N–H and O–H groups in total. The van der Waals surface area contributed by atoms with Crippen LogP contribution in [0.3, 0.4) is 0 Å². The van der Waals surface area contributed by atoms with Crippen LogP contribution >= 0.6 is 0 Å². The summed E-state index contributed by atoms with van der Waals surface area (Å²) in [4.78, 5) is 23.2. The van der Waals surface area contributed by atoms with Crippen molar-refractivity contribution in [3.63, 3.8) is 0 Å². The summed E-state index contributed by atoms with van der Waals surface area (Å²) < 4.78 is 43.8. The Bertz CT molecular complexity index is 1120. The number of benzene rings is 1. The topological polar surface area (TPSA) is 81.2 Å². The molecule has 1 aromatic carbocycles. The fourth-order valence-corrected chi connectivity index (χ4v) is 5.02. The number of nitrogens with zero attached hydrogens (tertiary/aromatic N) is 4. The first-order chi connectivity index (χ1) is 18.0. The van der Waals surface area contributed by atoms with Gasteiger partial charge >= 0.3 is 12.2 Å². The summed E-state index contributed by atoms with van der Waals surface area (Å²) in [6.45, 7) is 7.19. The molecule has 0 aliphatic carbocycles. The first kappa shape index (κ1) is 28.0. The summed E-state index contributed by atoms with van der Waals surface area (Å²) >= 11 is 0. The summed E-state index contributed by atoms with van der Waals surface area (Å²) in [5, 5.41) is 12.8. The van der Waals surface area contributed by atoms with Gasteiger partial charge in [-0.1, -0.05) is 6.07 Å². The Kier molecular flexibility index (Phi) is 8.67. The average molecular weight is 536 g/mol. The maximum Gasteiger partial charge on any atom is 0.389 e. The number of anilines is 3. The van der Waals surface area contributed by atoms with Gasteiger partial charge in [-0.05, 0) is 67.1 Å². The summed E-state index contributed by atoms with van der Waals surface area (Å²) in [6, 6.07) is 9.17. The van der Waals surface area contributed by atoms with E-state index in [0.29, 0.717) is 44.2 Å². The minimum Gasteiger partial charge on any atom is -0.392 e. The highest BCUT2D eigenvalue weighted by Crippen LogP contribution is 2.33. The van der Waals surface area contributed by atoms with E-state index in [0.717, 1.165) is 35.6 Å². The number of likely N-dealkylation sites (tertiary alicyclic amines) is 1. The van der Waals surface area contributed by atoms with Gasteiger partial charge in [0.1, 0.15) is 11.6 Å². The van der Waals surface area contributed by atoms with Crippen molar-refractivity contribution in [2.45, 2.75) is 39.0 Å². The number of nitrogens with one attached hydrogen (secondary N) is 1. The van der Waals surface area contributed by atoms with E-state index < -0.39 is 30.7 Å². The van der Waals surface area contributed by atoms with Gasteiger partial charge < -0.3 is 29.9 Å². The normalized spacial score (nSPS) is 19.0. The average Bonchev–Trinajstić information content (AvgIpc) is 3.32. The van der Waals surface area contributed by atoms with Crippen molar-refractivity contribution in [3.05, 3.63) is 35.9 Å². The molecular weight excluding hydrogens is 499 g/mol. The minimum absolute atomic E-state index is 0.0936. The minimum atomic E-state index is -4.23. The van der Waals surface area contributed by atoms with Gasteiger partial charge in [0.05, 0.1) is 19.3 Å². The molecule has 2 aromatic rings. The van der Waals surface area contributed by atoms with Crippen LogP contribution in [-0.4, -0.2) is 86.3 Å². The number of pyridine rings is 1. The Morgan fingerprint density at radius 1 is 1.24 bits per heavy atom. The zero-order chi connectivity index (χ0) is 27.4. The van der Waals surface area contributed by atoms with Crippen LogP contribution in [0.25, 0.3) is 11.1 Å². The summed E-state index contributed by atoms with van der Waals surface area (Å²) in [7, 11) is 1.88. The lowest BCUT2D eigenvalue weighted by atomic mass is 10.00. The van der Waals surface area contributed by atoms with E-state index >= 15 is 0 Å². The molecule has 0 unspecified atom stereocenters. The third kappa shape index (κ3) is 7.28. The number of carbonyl (C=O) groups is 1. The summed E-state index contributed by atoms with van der Waals surface area (Å²) in [5.74, 6) is 0.952. The fraction of sp³-hybridized carbons (Fsp3) is 0.556. The fourth-order valence-electron chi connectivity index (χ4n) is 5.02. The number of morpholine rings is 1. The third-order valence-electron chi connectivity index (χ3n) is 6.96. The molecule has 208 valence electrons. The summed E-state index contributed by atoms with van der Waals surface area (Å²) in [5.41, 5.74) is 3.38. The number of ether oxygens (including phenoxy) is 1. The van der Waals surface area contributed by atoms with E-state index in [9.17, 15) is 23.1 Å². The number of aliphatic hydroxyl groups excluding tert-OH is 1. The Hall–Kier alpha value is -3.05. The van der Waals surface area contributed by atoms with Crippen LogP contribution in [-0.2, 0) is 4.74 Å². The number of aryl methyl sites for hydroxylation is 1. The number of aliphatic hydroxyl groups is 1. The predicted octanol–water partition coefficient (Wildman–Crippen LogP) is 4.52. The number of carbonyl (C=O) groups excluding carboxylic acids is 1. The Balaban J connectivity index is 1.57. The van der Waals surface area contributed by atoms with E-state index in [1.165, 1.54) is 4.90 Å². The number of amides is 2. The molecule has 11 heteroatoms. The highest BCUT2D eigenvalue weighted by molar-refractivity contribution is 5.91. The Morgan fingerprint density at radius 2 is 1.97 bits per heavy atom. The van der Waals surface area contributed by atoms with Gasteiger partial charge in [-0.25, -0.2) is 9.78 Å². The van der Waals surface area contributed by atoms with E-state index in [-0.39, 0.29) is 6.54 Å². The van der Waals surface area contributed by atoms with Gasteiger partial charge in [0.2, 0.25) is 0 Å². The smallest absolute Gasteiger partial charge is 0.389 e. The predicted molar refractivity (Wildman–Crippen MR) is 142 cm³/mol. The highest BCUT2D eigenvalue weighted by Gasteiger charge is 2.36. The molecule has 0 spiro atoms. The molecule has 8 nitrogen and oxygen atoms in total. The second-order valence-electron chi connectivity index (χ2n) is 10.3. The second kappa shape index (κ2) is 11.8. The van der Waals surface area contributed by atoms with Crippen molar-refractivity contribution in [2.75, 3.05) is 68.1 Å². The number of hydrogen-bond acceptors (Lipinski definition) is 6. The molecule has 38 heavy (non-hydrogen) atoms. The molecule has 2 aliphatic rings. The monoisotopic (exact) mass is 535 g/mol. The number of urea groups is 1. The van der Waals surface area contributed by atoms with Crippen molar-refractivity contribution in [2.24, 2.45) is 5.92 Å². The van der Waals surface area contributed by atoms with Crippen LogP contribution in [0.15, 0.2) is 30.3 Å². The number of hydrogen-bond donors (Lipinski definition) is 2. The van der Waals surface area contributed by atoms with Gasteiger partial charge in [-0.15, -0.1) is 0 Å². The molecule has 0 bridgehead atoms. The van der Waals surface area contributed by atoms with Crippen molar-refractivity contribution in [1.82, 2.24) is 9.88 Å². The lowest BCUT2D eigenvalue weighted by Gasteiger charge is -2.30. The van der Waals surface area contributed by atoms with E-state index in [2.05, 4.69) is 10.2 Å². The number of aromatic nitrogens is 1. The molecule has 2 atom stereocenters. The van der Waals surface area contributed by atoms with Crippen LogP contribution < -0.4 is 15.1 Å². The number of rotatable bonds is 7. The van der Waals surface area contributed by atoms with Crippen molar-refractivity contribution < 1.29 is 27.8 Å². The standard InChI is InChI=1S/C27H36F3N5O3/c1-18-4-5-22(31-26(37)35-7-6-20(17-35)15-27(28,29)30)14-23(18)21-12-24(33(3)16-19(2)36)32-25(13-21)34-8-10-38-11-9-34/h4-5,12-14,19-20,36H,6-11,15-17H2,1-3H3,(H,31,37)/t19-,20+/m1/s1. The number of halogens is 3. The molecule has 1 aromatic heterocycles. The molecule has 0 radical (unpaired) electrons. The number of likely N-dealkylation sites (N-methyl/N-ethyl adjacent to an activating group) is 1. The molecule has 2 amide bonds. The van der Waals surface area contributed by atoms with Crippen molar-refractivity contribution >= 4 is 23.4 Å². The largest absolute Gasteiger partial charge is 0.392 e. The van der Waals surface area contributed by atoms with Gasteiger partial charge in [-0.3, -0.25) is 0 Å². The maximum absolute atomic E-state index is 12.8. The SMILES string of the molecule is Cc1ccc(NC(=O)N2CC[C@@H](CC(F)(F)F)C2)cc1-c1cc(N(C)C[C@@H](C)O)nc(N2CCOCC2)c1. The molecule has 4 rings (SSSR count). The lowest BCUT2D eigenvalue weighted by molar-refractivity contribution is -0.143. The number of alkyl halides is 3. The summed E-state index contributed by atoms with van der Waals surface area (Å²) in [6.07, 6.45) is -5.28. The highest BCUT2D eigenvalue weighted by atomic mass is 19.4. The zero-order valence-corrected chi connectivity index (χ0v) is 22.1. The maximum atomic E-state index is 12.8. The molecule has 0 saturated carbocycles. The zero-order valence-electron chi connectivity index (χ0n) is 22.1. The van der Waals surface area contributed by atoms with E-state index in [1.54, 1.807) is 13.0 Å². The first-order valence-corrected chi connectivity index (χ1v) is 13.0. The Morgan fingerprint density at radius 3 is 2.66 bits per heavy atom. The second-order valence-corrected chi connectivity index (χ2v) is 10.3. The quantitative estimate of drug-likeness (QED) is 0.543. The van der Waals surface area contributed by atoms with Gasteiger partial charge in [0.15, 0.2) is 0 Å². The Labute approximate surface area is 221 Å². The van der Waals surface area contributed by atoms with Crippen LogP contribution in [0.5, 0.6) is 0 Å². The van der Waals surface area contributed by atoms with Gasteiger partial charge in [0, 0.05) is 51.9 Å². The third-order valence-corrected chi connectivity index (χ3v) is 6.96.